The first kappa shape index (κ1) is 13.0. The summed E-state index contributed by atoms with van der Waals surface area (Å²) in [6.45, 7) is 0.639. The number of nitrogens with zero attached hydrogens (tertiary/aromatic N) is 3. The van der Waals surface area contributed by atoms with Gasteiger partial charge in [-0.2, -0.15) is 0 Å². The molecule has 1 saturated heterocycles. The number of carbonyl (C=O) groups excluding carboxylic acids is 2. The van der Waals surface area contributed by atoms with E-state index >= 15 is 0 Å². The lowest BCUT2D eigenvalue weighted by Crippen LogP contribution is -2.51. The van der Waals surface area contributed by atoms with E-state index in [9.17, 15) is 9.59 Å². The van der Waals surface area contributed by atoms with Crippen LogP contribution in [-0.2, 0) is 4.79 Å². The van der Waals surface area contributed by atoms with E-state index < -0.39 is 0 Å². The molecule has 98 valence electrons. The molecule has 0 bridgehead atoms. The van der Waals surface area contributed by atoms with Crippen molar-refractivity contribution in [2.75, 3.05) is 20.6 Å². The van der Waals surface area contributed by atoms with Gasteiger partial charge in [0.05, 0.1) is 5.51 Å². The quantitative estimate of drug-likeness (QED) is 0.809. The maximum absolute atomic E-state index is 12.3. The Kier molecular flexibility index (Phi) is 3.96. The highest BCUT2D eigenvalue weighted by molar-refractivity contribution is 7.07. The van der Waals surface area contributed by atoms with E-state index in [0.717, 1.165) is 19.3 Å². The molecule has 0 aliphatic carbocycles. The molecule has 1 aromatic rings. The molecule has 1 aliphatic rings. The monoisotopic (exact) mass is 267 g/mol. The fraction of sp³-hybridized carbons (Fsp3) is 0.583. The third-order valence-corrected chi connectivity index (χ3v) is 3.73. The van der Waals surface area contributed by atoms with Crippen LogP contribution in [0.15, 0.2) is 10.9 Å². The summed E-state index contributed by atoms with van der Waals surface area (Å²) in [5.41, 5.74) is 2.08. The van der Waals surface area contributed by atoms with Crippen molar-refractivity contribution >= 4 is 23.2 Å². The van der Waals surface area contributed by atoms with Gasteiger partial charge >= 0.3 is 0 Å². The highest BCUT2D eigenvalue weighted by Crippen LogP contribution is 2.21. The predicted molar refractivity (Wildman–Crippen MR) is 69.5 cm³/mol. The first-order chi connectivity index (χ1) is 8.61. The molecule has 6 heteroatoms. The molecular formula is C12H17N3O2S. The second-order valence-electron chi connectivity index (χ2n) is 4.62. The number of hydrogen-bond donors (Lipinski definition) is 0. The van der Waals surface area contributed by atoms with Gasteiger partial charge in [-0.05, 0) is 19.3 Å². The van der Waals surface area contributed by atoms with Crippen molar-refractivity contribution in [3.63, 3.8) is 0 Å². The molecule has 0 N–H and O–H groups in total. The summed E-state index contributed by atoms with van der Waals surface area (Å²) in [6, 6.07) is -0.331. The number of aromatic nitrogens is 1. The van der Waals surface area contributed by atoms with Crippen molar-refractivity contribution in [1.82, 2.24) is 14.8 Å². The van der Waals surface area contributed by atoms with Gasteiger partial charge < -0.3 is 9.80 Å². The number of likely N-dealkylation sites (N-methyl/N-ethyl adjacent to an activating group) is 1. The summed E-state index contributed by atoms with van der Waals surface area (Å²) in [6.07, 6.45) is 2.69. The summed E-state index contributed by atoms with van der Waals surface area (Å²) in [4.78, 5) is 31.6. The normalized spacial score (nSPS) is 19.7. The van der Waals surface area contributed by atoms with E-state index in [0.29, 0.717) is 12.2 Å². The minimum Gasteiger partial charge on any atom is -0.347 e. The number of hydrogen-bond acceptors (Lipinski definition) is 4. The summed E-state index contributed by atoms with van der Waals surface area (Å²) < 4.78 is 0. The average Bonchev–Trinajstić information content (AvgIpc) is 2.90. The van der Waals surface area contributed by atoms with Gasteiger partial charge in [-0.3, -0.25) is 9.59 Å². The number of amides is 2. The molecule has 5 nitrogen and oxygen atoms in total. The summed E-state index contributed by atoms with van der Waals surface area (Å²) in [5, 5.41) is 1.73. The smallest absolute Gasteiger partial charge is 0.274 e. The lowest BCUT2D eigenvalue weighted by atomic mass is 10.0. The predicted octanol–water partition coefficient (Wildman–Crippen LogP) is 1.23. The average molecular weight is 267 g/mol. The molecule has 0 spiro atoms. The third-order valence-electron chi connectivity index (χ3n) is 3.14. The van der Waals surface area contributed by atoms with Crippen molar-refractivity contribution in [1.29, 1.82) is 0 Å². The molecule has 0 unspecified atom stereocenters. The van der Waals surface area contributed by atoms with Crippen LogP contribution in [0.4, 0.5) is 0 Å². The molecule has 18 heavy (non-hydrogen) atoms. The van der Waals surface area contributed by atoms with Crippen molar-refractivity contribution in [3.8, 4) is 0 Å². The molecule has 2 rings (SSSR count). The molecule has 2 amide bonds. The Hall–Kier alpha value is -1.43. The Morgan fingerprint density at radius 2 is 2.22 bits per heavy atom. The number of rotatable bonds is 2. The minimum atomic E-state index is -0.331. The molecule has 1 aromatic heterocycles. The maximum atomic E-state index is 12.3. The SMILES string of the molecule is CN(C)C(=O)[C@@H]1CCCCN1C(=O)c1cscn1. The van der Waals surface area contributed by atoms with Crippen LogP contribution in [-0.4, -0.2) is 53.3 Å². The molecule has 0 saturated carbocycles. The van der Waals surface area contributed by atoms with Gasteiger partial charge in [0.1, 0.15) is 11.7 Å². The second kappa shape index (κ2) is 5.48. The molecule has 1 fully saturated rings. The van der Waals surface area contributed by atoms with Gasteiger partial charge in [-0.1, -0.05) is 0 Å². The molecule has 1 atom stereocenters. The molecule has 1 aliphatic heterocycles. The number of likely N-dealkylation sites (tertiary alicyclic amines) is 1. The Labute approximate surface area is 110 Å². The Morgan fingerprint density at radius 3 is 2.83 bits per heavy atom. The van der Waals surface area contributed by atoms with E-state index in [1.165, 1.54) is 11.3 Å². The highest BCUT2D eigenvalue weighted by atomic mass is 32.1. The van der Waals surface area contributed by atoms with Crippen molar-refractivity contribution < 1.29 is 9.59 Å². The molecule has 0 radical (unpaired) electrons. The van der Waals surface area contributed by atoms with Crippen molar-refractivity contribution in [2.45, 2.75) is 25.3 Å². The highest BCUT2D eigenvalue weighted by Gasteiger charge is 2.33. The van der Waals surface area contributed by atoms with Crippen LogP contribution in [0.5, 0.6) is 0 Å². The Balaban J connectivity index is 2.18. The van der Waals surface area contributed by atoms with Gasteiger partial charge in [-0.15, -0.1) is 11.3 Å². The van der Waals surface area contributed by atoms with Gasteiger partial charge in [-0.25, -0.2) is 4.98 Å². The van der Waals surface area contributed by atoms with Crippen LogP contribution in [0.1, 0.15) is 29.8 Å². The van der Waals surface area contributed by atoms with E-state index in [2.05, 4.69) is 4.98 Å². The van der Waals surface area contributed by atoms with Crippen LogP contribution < -0.4 is 0 Å². The molecule has 2 heterocycles. The van der Waals surface area contributed by atoms with Gasteiger partial charge in [0.2, 0.25) is 5.91 Å². The van der Waals surface area contributed by atoms with Crippen LogP contribution in [0.3, 0.4) is 0 Å². The van der Waals surface area contributed by atoms with E-state index in [1.54, 1.807) is 34.8 Å². The van der Waals surface area contributed by atoms with E-state index in [4.69, 9.17) is 0 Å². The van der Waals surface area contributed by atoms with Crippen LogP contribution in [0, 0.1) is 0 Å². The zero-order chi connectivity index (χ0) is 13.1. The third kappa shape index (κ3) is 2.53. The van der Waals surface area contributed by atoms with Gasteiger partial charge in [0.15, 0.2) is 0 Å². The summed E-state index contributed by atoms with van der Waals surface area (Å²) >= 11 is 1.39. The Bertz CT molecular complexity index is 431. The van der Waals surface area contributed by atoms with Gasteiger partial charge in [0, 0.05) is 26.0 Å². The first-order valence-electron chi connectivity index (χ1n) is 6.01. The van der Waals surface area contributed by atoms with Crippen LogP contribution in [0.25, 0.3) is 0 Å². The summed E-state index contributed by atoms with van der Waals surface area (Å²) in [5.74, 6) is -0.130. The topological polar surface area (TPSA) is 53.5 Å². The zero-order valence-electron chi connectivity index (χ0n) is 10.6. The van der Waals surface area contributed by atoms with Crippen LogP contribution in [0.2, 0.25) is 0 Å². The zero-order valence-corrected chi connectivity index (χ0v) is 11.4. The van der Waals surface area contributed by atoms with Crippen LogP contribution >= 0.6 is 11.3 Å². The lowest BCUT2D eigenvalue weighted by molar-refractivity contribution is -0.134. The molecule has 0 aromatic carbocycles. The standard InChI is InChI=1S/C12H17N3O2S/c1-14(2)12(17)10-5-3-4-6-15(10)11(16)9-7-18-8-13-9/h7-8,10H,3-6H2,1-2H3/t10-/m0/s1. The fourth-order valence-electron chi connectivity index (χ4n) is 2.19. The van der Waals surface area contributed by atoms with Crippen molar-refractivity contribution in [3.05, 3.63) is 16.6 Å². The number of piperidine rings is 1. The first-order valence-corrected chi connectivity index (χ1v) is 6.96. The fourth-order valence-corrected chi connectivity index (χ4v) is 2.72. The Morgan fingerprint density at radius 1 is 1.44 bits per heavy atom. The molecular weight excluding hydrogens is 250 g/mol. The van der Waals surface area contributed by atoms with E-state index in [-0.39, 0.29) is 17.9 Å². The maximum Gasteiger partial charge on any atom is 0.274 e. The number of carbonyl (C=O) groups is 2. The second-order valence-corrected chi connectivity index (χ2v) is 5.34. The lowest BCUT2D eigenvalue weighted by Gasteiger charge is -2.35. The van der Waals surface area contributed by atoms with Gasteiger partial charge in [0.25, 0.3) is 5.91 Å². The largest absolute Gasteiger partial charge is 0.347 e. The van der Waals surface area contributed by atoms with E-state index in [1.807, 2.05) is 0 Å². The van der Waals surface area contributed by atoms with Crippen molar-refractivity contribution in [2.24, 2.45) is 0 Å². The number of thiazole rings is 1. The summed E-state index contributed by atoms with van der Waals surface area (Å²) in [7, 11) is 3.45. The minimum absolute atomic E-state index is 0.00159.